The van der Waals surface area contributed by atoms with Crippen molar-refractivity contribution >= 4 is 29.8 Å². The summed E-state index contributed by atoms with van der Waals surface area (Å²) in [4.78, 5) is 35.6. The number of hydrogen-bond donors (Lipinski definition) is 1. The van der Waals surface area contributed by atoms with Gasteiger partial charge in [-0.3, -0.25) is 19.7 Å². The molecule has 0 unspecified atom stereocenters. The van der Waals surface area contributed by atoms with Crippen molar-refractivity contribution in [1.82, 2.24) is 10.3 Å². The number of carbonyl (C=O) groups is 2. The van der Waals surface area contributed by atoms with Crippen LogP contribution in [0.15, 0.2) is 35.4 Å². The number of benzene rings is 1. The van der Waals surface area contributed by atoms with Crippen LogP contribution in [-0.2, 0) is 9.59 Å². The van der Waals surface area contributed by atoms with Gasteiger partial charge in [-0.15, -0.1) is 0 Å². The fraction of sp³-hybridized carbons (Fsp3) is 0.353. The van der Waals surface area contributed by atoms with E-state index in [1.165, 1.54) is 24.4 Å². The average molecular weight is 344 g/mol. The Kier molecular flexibility index (Phi) is 6.82. The second-order valence-electron chi connectivity index (χ2n) is 5.61. The Bertz CT molecular complexity index is 700. The van der Waals surface area contributed by atoms with Crippen LogP contribution in [0.4, 0.5) is 5.69 Å². The molecule has 0 radical (unpaired) electrons. The van der Waals surface area contributed by atoms with E-state index in [-0.39, 0.29) is 24.0 Å². The van der Waals surface area contributed by atoms with Crippen molar-refractivity contribution in [2.24, 2.45) is 5.10 Å². The van der Waals surface area contributed by atoms with Crippen molar-refractivity contribution in [3.05, 3.63) is 46.0 Å². The second-order valence-corrected chi connectivity index (χ2v) is 5.61. The maximum atomic E-state index is 11.8. The number of nitro groups is 1. The summed E-state index contributed by atoms with van der Waals surface area (Å²) >= 11 is 0. The zero-order valence-corrected chi connectivity index (χ0v) is 13.8. The van der Waals surface area contributed by atoms with Gasteiger partial charge in [-0.2, -0.15) is 5.10 Å². The number of para-hydroxylation sites is 1. The third-order valence-electron chi connectivity index (χ3n) is 3.76. The highest BCUT2D eigenvalue weighted by Gasteiger charge is 2.18. The molecule has 0 atom stereocenters. The Labute approximate surface area is 145 Å². The summed E-state index contributed by atoms with van der Waals surface area (Å²) in [6, 6.07) is 6.32. The molecule has 1 fully saturated rings. The van der Waals surface area contributed by atoms with E-state index in [0.29, 0.717) is 18.5 Å². The SMILES string of the molecule is O=C(CN1CCCCCC1=O)N/N=C\C=C\c1ccccc1[N+](=O)[O-]. The van der Waals surface area contributed by atoms with Crippen molar-refractivity contribution in [2.45, 2.75) is 25.7 Å². The van der Waals surface area contributed by atoms with Crippen molar-refractivity contribution in [3.8, 4) is 0 Å². The molecule has 1 aromatic carbocycles. The number of carbonyl (C=O) groups excluding carboxylic acids is 2. The van der Waals surface area contributed by atoms with Crippen LogP contribution in [0, 0.1) is 10.1 Å². The molecule has 1 aliphatic heterocycles. The van der Waals surface area contributed by atoms with Crippen LogP contribution in [0.5, 0.6) is 0 Å². The second kappa shape index (κ2) is 9.31. The first kappa shape index (κ1) is 18.3. The molecule has 1 saturated heterocycles. The van der Waals surface area contributed by atoms with E-state index < -0.39 is 4.92 Å². The van der Waals surface area contributed by atoms with E-state index in [4.69, 9.17) is 0 Å². The van der Waals surface area contributed by atoms with Crippen LogP contribution < -0.4 is 5.43 Å². The fourth-order valence-corrected chi connectivity index (χ4v) is 2.51. The van der Waals surface area contributed by atoms with Gasteiger partial charge in [0.05, 0.1) is 10.5 Å². The molecule has 1 N–H and O–H groups in total. The van der Waals surface area contributed by atoms with Crippen LogP contribution >= 0.6 is 0 Å². The first-order chi connectivity index (χ1) is 12.1. The highest BCUT2D eigenvalue weighted by Crippen LogP contribution is 2.18. The lowest BCUT2D eigenvalue weighted by atomic mass is 10.2. The summed E-state index contributed by atoms with van der Waals surface area (Å²) in [7, 11) is 0. The molecule has 1 heterocycles. The topological polar surface area (TPSA) is 105 Å². The molecular formula is C17H20N4O4. The van der Waals surface area contributed by atoms with Gasteiger partial charge < -0.3 is 4.90 Å². The molecule has 1 aliphatic rings. The van der Waals surface area contributed by atoms with Gasteiger partial charge in [0, 0.05) is 25.2 Å². The molecule has 25 heavy (non-hydrogen) atoms. The van der Waals surface area contributed by atoms with E-state index in [1.54, 1.807) is 23.1 Å². The first-order valence-electron chi connectivity index (χ1n) is 8.07. The van der Waals surface area contributed by atoms with Gasteiger partial charge in [0.15, 0.2) is 0 Å². The summed E-state index contributed by atoms with van der Waals surface area (Å²) in [5, 5.41) is 14.6. The van der Waals surface area contributed by atoms with E-state index in [1.807, 2.05) is 0 Å². The maximum Gasteiger partial charge on any atom is 0.276 e. The molecule has 2 amide bonds. The van der Waals surface area contributed by atoms with Crippen molar-refractivity contribution in [1.29, 1.82) is 0 Å². The van der Waals surface area contributed by atoms with E-state index in [9.17, 15) is 19.7 Å². The number of rotatable bonds is 6. The Balaban J connectivity index is 1.83. The van der Waals surface area contributed by atoms with Crippen LogP contribution in [0.2, 0.25) is 0 Å². The number of amides is 2. The minimum absolute atomic E-state index is 0.00383. The predicted octanol–water partition coefficient (Wildman–Crippen LogP) is 2.11. The lowest BCUT2D eigenvalue weighted by Crippen LogP contribution is -2.39. The Morgan fingerprint density at radius 2 is 2.12 bits per heavy atom. The van der Waals surface area contributed by atoms with Crippen molar-refractivity contribution in [3.63, 3.8) is 0 Å². The Morgan fingerprint density at radius 3 is 2.92 bits per heavy atom. The van der Waals surface area contributed by atoms with E-state index in [0.717, 1.165) is 19.3 Å². The summed E-state index contributed by atoms with van der Waals surface area (Å²) in [5.41, 5.74) is 2.79. The standard InChI is InChI=1S/C17H20N4O4/c22-16(13-20-12-5-1-2-10-17(20)23)19-18-11-6-8-14-7-3-4-9-15(14)21(24)25/h3-4,6-9,11H,1-2,5,10,12-13H2,(H,19,22)/b8-6+,18-11-. The number of allylic oxidation sites excluding steroid dienone is 1. The van der Waals surface area contributed by atoms with Crippen LogP contribution in [0.1, 0.15) is 31.2 Å². The monoisotopic (exact) mass is 344 g/mol. The zero-order valence-electron chi connectivity index (χ0n) is 13.8. The number of nitrogens with zero attached hydrogens (tertiary/aromatic N) is 3. The Hall–Kier alpha value is -3.03. The van der Waals surface area contributed by atoms with Crippen LogP contribution in [0.3, 0.4) is 0 Å². The molecule has 0 saturated carbocycles. The van der Waals surface area contributed by atoms with Gasteiger partial charge in [0.1, 0.15) is 6.54 Å². The quantitative estimate of drug-likeness (QED) is 0.485. The van der Waals surface area contributed by atoms with Gasteiger partial charge in [0.25, 0.3) is 11.6 Å². The van der Waals surface area contributed by atoms with Gasteiger partial charge >= 0.3 is 0 Å². The normalized spacial score (nSPS) is 15.5. The van der Waals surface area contributed by atoms with Crippen LogP contribution in [0.25, 0.3) is 6.08 Å². The van der Waals surface area contributed by atoms with Crippen LogP contribution in [-0.4, -0.2) is 40.9 Å². The summed E-state index contributed by atoms with van der Waals surface area (Å²) in [6.07, 6.45) is 7.62. The molecule has 0 aromatic heterocycles. The van der Waals surface area contributed by atoms with Gasteiger partial charge in [-0.25, -0.2) is 5.43 Å². The summed E-state index contributed by atoms with van der Waals surface area (Å²) in [6.45, 7) is 0.581. The number of nitro benzene ring substituents is 1. The molecule has 132 valence electrons. The molecule has 0 bridgehead atoms. The minimum atomic E-state index is -0.462. The number of hydrazone groups is 1. The van der Waals surface area contributed by atoms with E-state index >= 15 is 0 Å². The lowest BCUT2D eigenvalue weighted by Gasteiger charge is -2.18. The molecular weight excluding hydrogens is 324 g/mol. The third kappa shape index (κ3) is 5.83. The largest absolute Gasteiger partial charge is 0.333 e. The van der Waals surface area contributed by atoms with Crippen molar-refractivity contribution in [2.75, 3.05) is 13.1 Å². The predicted molar refractivity (Wildman–Crippen MR) is 93.8 cm³/mol. The molecule has 0 aliphatic carbocycles. The van der Waals surface area contributed by atoms with E-state index in [2.05, 4.69) is 10.5 Å². The molecule has 8 heteroatoms. The lowest BCUT2D eigenvalue weighted by molar-refractivity contribution is -0.385. The first-order valence-corrected chi connectivity index (χ1v) is 8.07. The maximum absolute atomic E-state index is 11.8. The smallest absolute Gasteiger partial charge is 0.276 e. The summed E-state index contributed by atoms with van der Waals surface area (Å²) < 4.78 is 0. The van der Waals surface area contributed by atoms with Gasteiger partial charge in [-0.05, 0) is 31.1 Å². The highest BCUT2D eigenvalue weighted by atomic mass is 16.6. The Morgan fingerprint density at radius 1 is 1.32 bits per heavy atom. The molecule has 8 nitrogen and oxygen atoms in total. The molecule has 2 rings (SSSR count). The molecule has 0 spiro atoms. The molecule has 1 aromatic rings. The zero-order chi connectivity index (χ0) is 18.1. The minimum Gasteiger partial charge on any atom is -0.333 e. The number of likely N-dealkylation sites (tertiary alicyclic amines) is 1. The average Bonchev–Trinajstić information content (AvgIpc) is 2.79. The highest BCUT2D eigenvalue weighted by molar-refractivity contribution is 5.86. The van der Waals surface area contributed by atoms with Gasteiger partial charge in [0.2, 0.25) is 5.91 Å². The third-order valence-corrected chi connectivity index (χ3v) is 3.76. The fourth-order valence-electron chi connectivity index (χ4n) is 2.51. The number of hydrogen-bond acceptors (Lipinski definition) is 5. The number of nitrogens with one attached hydrogen (secondary N) is 1. The van der Waals surface area contributed by atoms with Gasteiger partial charge in [-0.1, -0.05) is 18.6 Å². The summed E-state index contributed by atoms with van der Waals surface area (Å²) in [5.74, 6) is -0.376. The van der Waals surface area contributed by atoms with Crippen molar-refractivity contribution < 1.29 is 14.5 Å².